The molecule has 0 spiro atoms. The van der Waals surface area contributed by atoms with Crippen LogP contribution in [0.4, 0.5) is 0 Å². The van der Waals surface area contributed by atoms with Crippen LogP contribution in [0.2, 0.25) is 0 Å². The SMILES string of the molecule is CCCCCCC(CCCC(=O)N[C@@H](Cc1cnc[nH]1)C(=O)N(CCc1cnc[nH]1)C(=O)CC(C)N)N=[N+]=[N-]. The molecule has 0 radical (unpaired) electrons. The molecular formula is C26H42N10O3. The van der Waals surface area contributed by atoms with E-state index in [0.29, 0.717) is 25.0 Å². The molecule has 0 aliphatic heterocycles. The van der Waals surface area contributed by atoms with Gasteiger partial charge in [0.05, 0.1) is 12.7 Å². The number of rotatable bonds is 19. The van der Waals surface area contributed by atoms with E-state index in [1.165, 1.54) is 17.6 Å². The predicted molar refractivity (Wildman–Crippen MR) is 147 cm³/mol. The van der Waals surface area contributed by atoms with Gasteiger partial charge in [-0.2, -0.15) is 0 Å². The van der Waals surface area contributed by atoms with E-state index in [1.807, 2.05) is 0 Å². The molecule has 214 valence electrons. The third kappa shape index (κ3) is 12.1. The van der Waals surface area contributed by atoms with Crippen molar-refractivity contribution in [2.75, 3.05) is 6.54 Å². The number of imidazole rings is 2. The molecular weight excluding hydrogens is 500 g/mol. The monoisotopic (exact) mass is 542 g/mol. The smallest absolute Gasteiger partial charge is 0.252 e. The molecule has 0 saturated carbocycles. The fraction of sp³-hybridized carbons (Fsp3) is 0.654. The third-order valence-electron chi connectivity index (χ3n) is 6.38. The first-order valence-electron chi connectivity index (χ1n) is 13.7. The van der Waals surface area contributed by atoms with Crippen LogP contribution in [0.15, 0.2) is 30.2 Å². The molecule has 2 aromatic heterocycles. The molecule has 3 amide bonds. The zero-order chi connectivity index (χ0) is 28.5. The molecule has 3 atom stereocenters. The largest absolute Gasteiger partial charge is 0.348 e. The van der Waals surface area contributed by atoms with Crippen LogP contribution in [0, 0.1) is 0 Å². The summed E-state index contributed by atoms with van der Waals surface area (Å²) in [5.41, 5.74) is 16.2. The van der Waals surface area contributed by atoms with E-state index in [-0.39, 0.29) is 37.8 Å². The van der Waals surface area contributed by atoms with Crippen LogP contribution >= 0.6 is 0 Å². The number of imide groups is 1. The summed E-state index contributed by atoms with van der Waals surface area (Å²) in [6.07, 6.45) is 13.2. The van der Waals surface area contributed by atoms with Gasteiger partial charge in [-0.3, -0.25) is 19.3 Å². The first-order chi connectivity index (χ1) is 18.8. The second-order valence-electron chi connectivity index (χ2n) is 9.89. The minimum Gasteiger partial charge on any atom is -0.348 e. The molecule has 2 heterocycles. The minimum atomic E-state index is -0.973. The van der Waals surface area contributed by atoms with Gasteiger partial charge in [0, 0.05) is 73.0 Å². The van der Waals surface area contributed by atoms with E-state index >= 15 is 0 Å². The number of nitrogens with zero attached hydrogens (tertiary/aromatic N) is 6. The molecule has 2 unspecified atom stereocenters. The van der Waals surface area contributed by atoms with Gasteiger partial charge in [0.1, 0.15) is 6.04 Å². The number of hydrogen-bond acceptors (Lipinski definition) is 7. The summed E-state index contributed by atoms with van der Waals surface area (Å²) in [6.45, 7) is 3.96. The van der Waals surface area contributed by atoms with Crippen LogP contribution < -0.4 is 11.1 Å². The summed E-state index contributed by atoms with van der Waals surface area (Å²) in [6, 6.07) is -1.55. The van der Waals surface area contributed by atoms with Crippen LogP contribution in [0.1, 0.15) is 83.0 Å². The van der Waals surface area contributed by atoms with Gasteiger partial charge in [-0.1, -0.05) is 37.7 Å². The highest BCUT2D eigenvalue weighted by Gasteiger charge is 2.31. The average Bonchev–Trinajstić information content (AvgIpc) is 3.60. The second kappa shape index (κ2) is 17.7. The Morgan fingerprint density at radius 1 is 1.10 bits per heavy atom. The summed E-state index contributed by atoms with van der Waals surface area (Å²) in [7, 11) is 0. The molecule has 0 aromatic carbocycles. The molecule has 0 saturated heterocycles. The zero-order valence-corrected chi connectivity index (χ0v) is 23.0. The van der Waals surface area contributed by atoms with Crippen LogP contribution in [0.25, 0.3) is 10.4 Å². The van der Waals surface area contributed by atoms with Crippen molar-refractivity contribution in [2.45, 2.75) is 103 Å². The molecule has 0 aliphatic carbocycles. The molecule has 39 heavy (non-hydrogen) atoms. The Hall–Kier alpha value is -3.70. The van der Waals surface area contributed by atoms with Crippen molar-refractivity contribution in [1.29, 1.82) is 0 Å². The lowest BCUT2D eigenvalue weighted by Gasteiger charge is -2.27. The highest BCUT2D eigenvalue weighted by molar-refractivity contribution is 5.99. The van der Waals surface area contributed by atoms with Gasteiger partial charge in [-0.15, -0.1) is 0 Å². The number of amides is 3. The molecule has 5 N–H and O–H groups in total. The summed E-state index contributed by atoms with van der Waals surface area (Å²) < 4.78 is 0. The Morgan fingerprint density at radius 3 is 2.41 bits per heavy atom. The second-order valence-corrected chi connectivity index (χ2v) is 9.89. The average molecular weight is 543 g/mol. The quantitative estimate of drug-likeness (QED) is 0.0907. The Bertz CT molecular complexity index is 1030. The third-order valence-corrected chi connectivity index (χ3v) is 6.38. The van der Waals surface area contributed by atoms with Crippen molar-refractivity contribution in [3.63, 3.8) is 0 Å². The maximum atomic E-state index is 13.7. The number of aromatic nitrogens is 4. The number of hydrogen-bond donors (Lipinski definition) is 4. The molecule has 0 fully saturated rings. The van der Waals surface area contributed by atoms with E-state index < -0.39 is 23.9 Å². The van der Waals surface area contributed by atoms with Crippen molar-refractivity contribution >= 4 is 17.7 Å². The summed E-state index contributed by atoms with van der Waals surface area (Å²) in [5, 5.41) is 6.71. The van der Waals surface area contributed by atoms with Crippen molar-refractivity contribution < 1.29 is 14.4 Å². The molecule has 13 heteroatoms. The first-order valence-corrected chi connectivity index (χ1v) is 13.7. The summed E-state index contributed by atoms with van der Waals surface area (Å²) in [4.78, 5) is 57.6. The van der Waals surface area contributed by atoms with E-state index in [9.17, 15) is 14.4 Å². The molecule has 0 bridgehead atoms. The van der Waals surface area contributed by atoms with Gasteiger partial charge in [0.2, 0.25) is 11.8 Å². The van der Waals surface area contributed by atoms with E-state index in [0.717, 1.165) is 37.8 Å². The van der Waals surface area contributed by atoms with Gasteiger partial charge < -0.3 is 21.0 Å². The molecule has 2 rings (SSSR count). The number of H-pyrrole nitrogens is 2. The molecule has 13 nitrogen and oxygen atoms in total. The van der Waals surface area contributed by atoms with Crippen LogP contribution in [0.3, 0.4) is 0 Å². The maximum Gasteiger partial charge on any atom is 0.252 e. The normalized spacial score (nSPS) is 13.2. The lowest BCUT2D eigenvalue weighted by atomic mass is 10.0. The summed E-state index contributed by atoms with van der Waals surface area (Å²) in [5.74, 6) is -1.23. The van der Waals surface area contributed by atoms with Gasteiger partial charge >= 0.3 is 0 Å². The Balaban J connectivity index is 2.06. The van der Waals surface area contributed by atoms with E-state index in [4.69, 9.17) is 11.3 Å². The van der Waals surface area contributed by atoms with Gasteiger partial charge in [-0.05, 0) is 31.7 Å². The van der Waals surface area contributed by atoms with Crippen molar-refractivity contribution in [3.8, 4) is 0 Å². The van der Waals surface area contributed by atoms with Gasteiger partial charge in [-0.25, -0.2) is 9.97 Å². The number of unbranched alkanes of at least 4 members (excludes halogenated alkanes) is 3. The van der Waals surface area contributed by atoms with Gasteiger partial charge in [0.15, 0.2) is 0 Å². The van der Waals surface area contributed by atoms with E-state index in [1.54, 1.807) is 19.3 Å². The Morgan fingerprint density at radius 2 is 1.79 bits per heavy atom. The number of aromatic amines is 2. The lowest BCUT2D eigenvalue weighted by Crippen LogP contribution is -2.52. The maximum absolute atomic E-state index is 13.7. The topological polar surface area (TPSA) is 199 Å². The van der Waals surface area contributed by atoms with Crippen molar-refractivity contribution in [2.24, 2.45) is 10.8 Å². The number of nitrogens with one attached hydrogen (secondary N) is 3. The number of azide groups is 1. The number of carbonyl (C=O) groups is 3. The fourth-order valence-electron chi connectivity index (χ4n) is 4.31. The van der Waals surface area contributed by atoms with Crippen molar-refractivity contribution in [3.05, 3.63) is 46.9 Å². The molecule has 0 aliphatic rings. The number of carbonyl (C=O) groups excluding carboxylic acids is 3. The lowest BCUT2D eigenvalue weighted by molar-refractivity contribution is -0.147. The Labute approximate surface area is 229 Å². The van der Waals surface area contributed by atoms with Crippen molar-refractivity contribution in [1.82, 2.24) is 30.2 Å². The standard InChI is InChI=1S/C26H42N10O3/c1-3-4-5-6-8-20(34-35-28)9-7-10-24(37)33-23(14-22-16-30-18-32-22)26(39)36(25(38)13-19(2)27)12-11-21-15-29-17-31-21/h15-20,23H,3-14,27H2,1-2H3,(H,29,31)(H,30,32)(H,33,37)/t19?,20?,23-/m0/s1. The zero-order valence-electron chi connectivity index (χ0n) is 23.0. The summed E-state index contributed by atoms with van der Waals surface area (Å²) >= 11 is 0. The van der Waals surface area contributed by atoms with E-state index in [2.05, 4.69) is 42.2 Å². The first kappa shape index (κ1) is 31.5. The van der Waals surface area contributed by atoms with Crippen LogP contribution in [-0.4, -0.2) is 67.2 Å². The molecule has 2 aromatic rings. The van der Waals surface area contributed by atoms with Crippen LogP contribution in [0.5, 0.6) is 0 Å². The predicted octanol–water partition coefficient (Wildman–Crippen LogP) is 3.31. The Kier molecular flexibility index (Phi) is 14.3. The fourth-order valence-corrected chi connectivity index (χ4v) is 4.31. The van der Waals surface area contributed by atoms with Gasteiger partial charge in [0.25, 0.3) is 5.91 Å². The minimum absolute atomic E-state index is 0.00149. The highest BCUT2D eigenvalue weighted by Crippen LogP contribution is 2.15. The highest BCUT2D eigenvalue weighted by atomic mass is 16.2. The van der Waals surface area contributed by atoms with Crippen LogP contribution in [-0.2, 0) is 27.2 Å². The number of nitrogens with two attached hydrogens (primary N) is 1.